The summed E-state index contributed by atoms with van der Waals surface area (Å²) in [7, 11) is 1.56. The van der Waals surface area contributed by atoms with Crippen molar-refractivity contribution < 1.29 is 24.2 Å². The number of ketones is 1. The molecule has 0 aliphatic carbocycles. The molecule has 0 spiro atoms. The number of amides is 1. The lowest BCUT2D eigenvalue weighted by atomic mass is 9.95. The van der Waals surface area contributed by atoms with Crippen molar-refractivity contribution >= 4 is 17.4 Å². The van der Waals surface area contributed by atoms with E-state index >= 15 is 0 Å². The largest absolute Gasteiger partial charge is 0.507 e. The Hall–Kier alpha value is -3.32. The number of carbonyl (C=O) groups is 2. The van der Waals surface area contributed by atoms with Crippen LogP contribution in [0.25, 0.3) is 5.76 Å². The number of hydrogen-bond acceptors (Lipinski definition) is 6. The summed E-state index contributed by atoms with van der Waals surface area (Å²) in [5.74, 6) is -0.138. The standard InChI is InChI=1S/C29H38N2O5/c1-5-8-19-36-24-12-9-11-22(20-24)26-25(27(32)21-13-15-23(35-4)16-14-21)28(33)29(34)31(26)18-10-17-30(6-2)7-3/h9,11-16,20,26,32H,5-8,10,17-19H2,1-4H3/b27-25+. The first kappa shape index (κ1) is 27.3. The van der Waals surface area contributed by atoms with Crippen LogP contribution in [0.1, 0.15) is 57.2 Å². The van der Waals surface area contributed by atoms with Crippen LogP contribution in [-0.4, -0.2) is 66.5 Å². The van der Waals surface area contributed by atoms with E-state index in [0.717, 1.165) is 44.5 Å². The van der Waals surface area contributed by atoms with E-state index in [9.17, 15) is 14.7 Å². The molecule has 1 aliphatic rings. The van der Waals surface area contributed by atoms with Crippen LogP contribution < -0.4 is 9.47 Å². The van der Waals surface area contributed by atoms with Gasteiger partial charge in [-0.1, -0.05) is 39.3 Å². The van der Waals surface area contributed by atoms with Crippen LogP contribution in [0.2, 0.25) is 0 Å². The number of unbranched alkanes of at least 4 members (excludes halogenated alkanes) is 1. The van der Waals surface area contributed by atoms with Crippen molar-refractivity contribution in [2.45, 2.75) is 46.1 Å². The molecule has 1 fully saturated rings. The summed E-state index contributed by atoms with van der Waals surface area (Å²) in [5.41, 5.74) is 1.29. The molecule has 1 atom stereocenters. The molecule has 1 unspecified atom stereocenters. The fourth-order valence-corrected chi connectivity index (χ4v) is 4.47. The molecule has 1 saturated heterocycles. The van der Waals surface area contributed by atoms with Crippen molar-refractivity contribution in [3.63, 3.8) is 0 Å². The van der Waals surface area contributed by atoms with E-state index < -0.39 is 17.7 Å². The third-order valence-corrected chi connectivity index (χ3v) is 6.61. The number of carbonyl (C=O) groups excluding carboxylic acids is 2. The zero-order chi connectivity index (χ0) is 26.1. The van der Waals surface area contributed by atoms with E-state index in [2.05, 4.69) is 25.7 Å². The fourth-order valence-electron chi connectivity index (χ4n) is 4.47. The highest BCUT2D eigenvalue weighted by molar-refractivity contribution is 6.46. The lowest BCUT2D eigenvalue weighted by Crippen LogP contribution is -2.33. The Labute approximate surface area is 214 Å². The number of aliphatic hydroxyl groups is 1. The van der Waals surface area contributed by atoms with Crippen molar-refractivity contribution in [3.05, 3.63) is 65.2 Å². The quantitative estimate of drug-likeness (QED) is 0.182. The summed E-state index contributed by atoms with van der Waals surface area (Å²) in [6.07, 6.45) is 2.68. The number of methoxy groups -OCH3 is 1. The predicted octanol–water partition coefficient (Wildman–Crippen LogP) is 5.03. The number of benzene rings is 2. The van der Waals surface area contributed by atoms with Gasteiger partial charge in [-0.2, -0.15) is 0 Å². The molecule has 1 aliphatic heterocycles. The number of likely N-dealkylation sites (tertiary alicyclic amines) is 1. The maximum atomic E-state index is 13.3. The van der Waals surface area contributed by atoms with Crippen molar-refractivity contribution in [1.29, 1.82) is 0 Å². The smallest absolute Gasteiger partial charge is 0.295 e. The van der Waals surface area contributed by atoms with Crippen LogP contribution in [0.5, 0.6) is 11.5 Å². The molecule has 1 heterocycles. The first-order valence-corrected chi connectivity index (χ1v) is 12.8. The van der Waals surface area contributed by atoms with Gasteiger partial charge in [0.05, 0.1) is 25.3 Å². The molecule has 0 bridgehead atoms. The van der Waals surface area contributed by atoms with E-state index in [-0.39, 0.29) is 11.3 Å². The van der Waals surface area contributed by atoms with E-state index in [4.69, 9.17) is 9.47 Å². The Balaban J connectivity index is 2.01. The van der Waals surface area contributed by atoms with Gasteiger partial charge < -0.3 is 24.4 Å². The number of hydrogen-bond donors (Lipinski definition) is 1. The Bertz CT molecular complexity index is 1060. The molecule has 7 heteroatoms. The Kier molecular flexibility index (Phi) is 9.94. The summed E-state index contributed by atoms with van der Waals surface area (Å²) >= 11 is 0. The molecule has 3 rings (SSSR count). The molecule has 2 aromatic carbocycles. The number of aliphatic hydroxyl groups excluding tert-OH is 1. The molecular formula is C29H38N2O5. The van der Waals surface area contributed by atoms with Gasteiger partial charge in [0.2, 0.25) is 0 Å². The van der Waals surface area contributed by atoms with E-state index in [1.807, 2.05) is 24.3 Å². The van der Waals surface area contributed by atoms with E-state index in [0.29, 0.717) is 30.2 Å². The average Bonchev–Trinajstić information content (AvgIpc) is 3.16. The number of Topliss-reactive ketones (excluding diaryl/α,β-unsaturated/α-hetero) is 1. The molecule has 0 saturated carbocycles. The summed E-state index contributed by atoms with van der Waals surface area (Å²) in [4.78, 5) is 30.4. The summed E-state index contributed by atoms with van der Waals surface area (Å²) in [6.45, 7) is 9.98. The number of rotatable bonds is 13. The molecule has 2 aromatic rings. The monoisotopic (exact) mass is 494 g/mol. The molecule has 1 N–H and O–H groups in total. The minimum absolute atomic E-state index is 0.0960. The highest BCUT2D eigenvalue weighted by Gasteiger charge is 2.45. The van der Waals surface area contributed by atoms with Crippen LogP contribution in [0, 0.1) is 0 Å². The molecule has 194 valence electrons. The number of ether oxygens (including phenoxy) is 2. The molecule has 36 heavy (non-hydrogen) atoms. The predicted molar refractivity (Wildman–Crippen MR) is 141 cm³/mol. The summed E-state index contributed by atoms with van der Waals surface area (Å²) < 4.78 is 11.1. The van der Waals surface area contributed by atoms with Gasteiger partial charge in [0.1, 0.15) is 17.3 Å². The lowest BCUT2D eigenvalue weighted by Gasteiger charge is -2.27. The maximum absolute atomic E-state index is 13.3. The third kappa shape index (κ3) is 6.26. The van der Waals surface area contributed by atoms with Crippen LogP contribution in [0.3, 0.4) is 0 Å². The molecule has 1 amide bonds. The van der Waals surface area contributed by atoms with Crippen molar-refractivity contribution in [1.82, 2.24) is 9.80 Å². The van der Waals surface area contributed by atoms with Crippen LogP contribution >= 0.6 is 0 Å². The topological polar surface area (TPSA) is 79.3 Å². The van der Waals surface area contributed by atoms with Crippen molar-refractivity contribution in [3.8, 4) is 11.5 Å². The SMILES string of the molecule is CCCCOc1cccc(C2/C(=C(\O)c3ccc(OC)cc3)C(=O)C(=O)N2CCCN(CC)CC)c1. The normalized spacial score (nSPS) is 17.1. The van der Waals surface area contributed by atoms with Gasteiger partial charge in [0, 0.05) is 12.1 Å². The minimum atomic E-state index is -0.696. The summed E-state index contributed by atoms with van der Waals surface area (Å²) in [5, 5.41) is 11.3. The maximum Gasteiger partial charge on any atom is 0.295 e. The lowest BCUT2D eigenvalue weighted by molar-refractivity contribution is -0.140. The average molecular weight is 495 g/mol. The molecule has 7 nitrogen and oxygen atoms in total. The highest BCUT2D eigenvalue weighted by atomic mass is 16.5. The van der Waals surface area contributed by atoms with Gasteiger partial charge >= 0.3 is 0 Å². The first-order chi connectivity index (χ1) is 17.4. The van der Waals surface area contributed by atoms with Gasteiger partial charge in [0.15, 0.2) is 0 Å². The minimum Gasteiger partial charge on any atom is -0.507 e. The van der Waals surface area contributed by atoms with Gasteiger partial charge in [-0.15, -0.1) is 0 Å². The second-order valence-electron chi connectivity index (χ2n) is 8.88. The van der Waals surface area contributed by atoms with Crippen molar-refractivity contribution in [2.75, 3.05) is 39.9 Å². The second-order valence-corrected chi connectivity index (χ2v) is 8.88. The zero-order valence-electron chi connectivity index (χ0n) is 21.8. The Morgan fingerprint density at radius 1 is 1.00 bits per heavy atom. The zero-order valence-corrected chi connectivity index (χ0v) is 21.8. The van der Waals surface area contributed by atoms with Gasteiger partial charge in [-0.05, 0) is 74.4 Å². The van der Waals surface area contributed by atoms with E-state index in [1.165, 1.54) is 0 Å². The van der Waals surface area contributed by atoms with Gasteiger partial charge in [-0.25, -0.2) is 0 Å². The second kappa shape index (κ2) is 13.1. The first-order valence-electron chi connectivity index (χ1n) is 12.8. The molecular weight excluding hydrogens is 456 g/mol. The van der Waals surface area contributed by atoms with E-state index in [1.54, 1.807) is 36.3 Å². The number of nitrogens with zero attached hydrogens (tertiary/aromatic N) is 2. The van der Waals surface area contributed by atoms with Crippen molar-refractivity contribution in [2.24, 2.45) is 0 Å². The molecule has 0 radical (unpaired) electrons. The van der Waals surface area contributed by atoms with Crippen LogP contribution in [-0.2, 0) is 9.59 Å². The fraction of sp³-hybridized carbons (Fsp3) is 0.448. The van der Waals surface area contributed by atoms with Gasteiger partial charge in [-0.3, -0.25) is 9.59 Å². The third-order valence-electron chi connectivity index (χ3n) is 6.61. The Morgan fingerprint density at radius 3 is 2.36 bits per heavy atom. The summed E-state index contributed by atoms with van der Waals surface area (Å²) in [6, 6.07) is 13.6. The molecule has 0 aromatic heterocycles. The van der Waals surface area contributed by atoms with Crippen LogP contribution in [0.4, 0.5) is 0 Å². The van der Waals surface area contributed by atoms with Crippen LogP contribution in [0.15, 0.2) is 54.1 Å². The van der Waals surface area contributed by atoms with Gasteiger partial charge in [0.25, 0.3) is 11.7 Å². The highest BCUT2D eigenvalue weighted by Crippen LogP contribution is 2.40. The Morgan fingerprint density at radius 2 is 1.72 bits per heavy atom.